The van der Waals surface area contributed by atoms with Gasteiger partial charge in [-0.05, 0) is 137 Å². The molecule has 0 atom stereocenters. The molecule has 0 radical (unpaired) electrons. The molecule has 0 saturated carbocycles. The molecule has 4 aromatic rings. The molecule has 7 aliphatic rings. The second-order valence-corrected chi connectivity index (χ2v) is 29.8. The minimum atomic E-state index is -0.435. The van der Waals surface area contributed by atoms with Crippen LogP contribution in [0.15, 0.2) is 142 Å². The number of rotatable bonds is 0. The normalized spacial score (nSPS) is 19.1. The van der Waals surface area contributed by atoms with E-state index in [1.54, 1.807) is 0 Å². The van der Waals surface area contributed by atoms with Gasteiger partial charge in [0.25, 0.3) is 0 Å². The average Bonchev–Trinajstić information content (AvgIpc) is 0.783. The molecule has 14 heteroatoms. The lowest BCUT2D eigenvalue weighted by Gasteiger charge is -2.27. The summed E-state index contributed by atoms with van der Waals surface area (Å²) in [6.07, 6.45) is 11.1. The van der Waals surface area contributed by atoms with Gasteiger partial charge in [-0.15, -0.1) is 0 Å². The van der Waals surface area contributed by atoms with E-state index in [1.807, 2.05) is 48.5 Å². The van der Waals surface area contributed by atoms with E-state index in [2.05, 4.69) is 83.1 Å². The quantitative estimate of drug-likeness (QED) is 0.151. The second kappa shape index (κ2) is 26.2. The van der Waals surface area contributed by atoms with Crippen molar-refractivity contribution in [2.75, 3.05) is 52.9 Å². The van der Waals surface area contributed by atoms with E-state index in [-0.39, 0.29) is 195 Å². The van der Waals surface area contributed by atoms with Crippen molar-refractivity contribution < 1.29 is 66.8 Å². The predicted octanol–water partition coefficient (Wildman–Crippen LogP) is 11.9. The van der Waals surface area contributed by atoms with Crippen molar-refractivity contribution in [3.63, 3.8) is 0 Å². The summed E-state index contributed by atoms with van der Waals surface area (Å²) in [6, 6.07) is 15.8. The van der Waals surface area contributed by atoms with E-state index >= 15 is 19.2 Å². The number of hydrogen-bond acceptors (Lipinski definition) is 14. The molecule has 14 nitrogen and oxygen atoms in total. The van der Waals surface area contributed by atoms with Crippen LogP contribution in [0.4, 0.5) is 0 Å². The van der Waals surface area contributed by atoms with Gasteiger partial charge >= 0.3 is 0 Å². The largest absolute Gasteiger partial charge is 0.491 e. The Labute approximate surface area is 550 Å². The van der Waals surface area contributed by atoms with Crippen LogP contribution in [-0.4, -0.2) is 99.1 Å². The smallest absolute Gasteiger partial charge is 0.185 e. The third-order valence-electron chi connectivity index (χ3n) is 18.2. The Bertz CT molecular complexity index is 3470. The number of hydrogen-bond donors (Lipinski definition) is 0. The summed E-state index contributed by atoms with van der Waals surface area (Å²) < 4.78 is 39.6. The van der Waals surface area contributed by atoms with Gasteiger partial charge in [-0.2, -0.15) is 0 Å². The van der Waals surface area contributed by atoms with Crippen LogP contribution in [0.2, 0.25) is 0 Å². The molecule has 0 unspecified atom stereocenters. The molecule has 0 spiro atoms. The Morgan fingerprint density at radius 3 is 0.521 bits per heavy atom. The molecule has 20 bridgehead atoms. The van der Waals surface area contributed by atoms with Gasteiger partial charge in [-0.1, -0.05) is 132 Å². The molecule has 0 aromatic heterocycles. The van der Waals surface area contributed by atoms with Crippen molar-refractivity contribution in [3.05, 3.63) is 208 Å². The maximum absolute atomic E-state index is 15.1. The third kappa shape index (κ3) is 14.8. The topological polar surface area (TPSA) is 192 Å². The third-order valence-corrected chi connectivity index (χ3v) is 18.2. The van der Waals surface area contributed by atoms with Crippen LogP contribution in [0.5, 0.6) is 23.0 Å². The zero-order valence-electron chi connectivity index (χ0n) is 56.3. The number of benzene rings is 4. The Morgan fingerprint density at radius 1 is 0.234 bits per heavy atom. The standard InChI is InChI=1S/C80H84O14/c1-77(2,3)61-29-53-21-45-37-65(81)39-47(69(45)85)23-55-31-62(78(4,5)6)32-56-24-48-40-66(82)38-46(70(48)86)22-54(30-61)73(53)91-17-13-89-14-18-92-75-57-25-49-41-67(83)43-51(71(49)87)27-59-35-64(80(10,11)12)36-60(76(59)94-20-16-90-15-19-93-74(55)56)28-52-44-68(84)42-50(72(52)88)26-58(75)34-63(33-57)79(7,8)9/h29-44H,13-28H2,1-12H3. The number of ketones is 8. The van der Waals surface area contributed by atoms with Crippen molar-refractivity contribution in [2.24, 2.45) is 0 Å². The number of allylic oxidation sites excluding steroid dienone is 16. The minimum Gasteiger partial charge on any atom is -0.491 e. The summed E-state index contributed by atoms with van der Waals surface area (Å²) in [4.78, 5) is 116. The molecule has 0 N–H and O–H groups in total. The molecule has 6 aliphatic carbocycles. The van der Waals surface area contributed by atoms with Crippen LogP contribution in [0, 0.1) is 0 Å². The first kappa shape index (κ1) is 66.7. The van der Waals surface area contributed by atoms with E-state index in [9.17, 15) is 19.2 Å². The molecule has 11 rings (SSSR count). The fourth-order valence-corrected chi connectivity index (χ4v) is 13.1. The molecule has 4 aromatic carbocycles. The molecular formula is C80H84O14. The van der Waals surface area contributed by atoms with Gasteiger partial charge in [0.15, 0.2) is 46.3 Å². The van der Waals surface area contributed by atoms with E-state index in [4.69, 9.17) is 28.4 Å². The molecule has 0 fully saturated rings. The lowest BCUT2D eigenvalue weighted by Crippen LogP contribution is -2.23. The summed E-state index contributed by atoms with van der Waals surface area (Å²) in [6.45, 7) is 24.9. The Kier molecular flexibility index (Phi) is 18.6. The number of Topliss-reactive ketones (excluding diaryl/α,β-unsaturated/α-hetero) is 4. The molecule has 1 heterocycles. The Morgan fingerprint density at radius 2 is 0.383 bits per heavy atom. The molecule has 0 amide bonds. The maximum atomic E-state index is 15.1. The number of carbonyl (C=O) groups excluding carboxylic acids is 8. The van der Waals surface area contributed by atoms with Crippen molar-refractivity contribution in [2.45, 2.75) is 156 Å². The highest BCUT2D eigenvalue weighted by Crippen LogP contribution is 2.43. The van der Waals surface area contributed by atoms with E-state index in [0.29, 0.717) is 67.5 Å². The van der Waals surface area contributed by atoms with E-state index < -0.39 is 21.7 Å². The fraction of sp³-hybridized carbons (Fsp3) is 0.400. The van der Waals surface area contributed by atoms with Crippen LogP contribution < -0.4 is 18.9 Å². The summed E-state index contributed by atoms with van der Waals surface area (Å²) in [7, 11) is 0. The molecular weight excluding hydrogens is 1180 g/mol. The van der Waals surface area contributed by atoms with Gasteiger partial charge in [0.1, 0.15) is 49.4 Å². The molecule has 488 valence electrons. The summed E-state index contributed by atoms with van der Waals surface area (Å²) in [5, 5.41) is 0. The molecule has 94 heavy (non-hydrogen) atoms. The first-order chi connectivity index (χ1) is 44.3. The summed E-state index contributed by atoms with van der Waals surface area (Å²) in [5.41, 5.74) is 8.72. The SMILES string of the molecule is CC(C)(C)c1cc2c3c(c1)CC1=CC(=O)C=C(Cc4cc(C(C)(C)C)cc(c4OCCOCCOc4c5cc(C(C)(C)C)cc4CC4=CC(=O)C=C(Cc6cc(C(C)(C)C)cc(c6OCCOCCO3)CC3=CC(=O)C=C(C5)C3=O)C4=O)CC3=CC(=O)C=C(C2)C3=O)C1=O. The maximum Gasteiger partial charge on any atom is 0.185 e. The van der Waals surface area contributed by atoms with E-state index in [0.717, 1.165) is 22.3 Å². The van der Waals surface area contributed by atoms with Crippen LogP contribution in [0.3, 0.4) is 0 Å². The highest BCUT2D eigenvalue weighted by atomic mass is 16.6. The van der Waals surface area contributed by atoms with Crippen molar-refractivity contribution >= 4 is 46.3 Å². The lowest BCUT2D eigenvalue weighted by atomic mass is 9.79. The van der Waals surface area contributed by atoms with Gasteiger partial charge in [0, 0.05) is 96.0 Å². The van der Waals surface area contributed by atoms with Crippen LogP contribution in [0.25, 0.3) is 0 Å². The van der Waals surface area contributed by atoms with Crippen molar-refractivity contribution in [3.8, 4) is 23.0 Å². The lowest BCUT2D eigenvalue weighted by molar-refractivity contribution is -0.115. The summed E-state index contributed by atoms with van der Waals surface area (Å²) >= 11 is 0. The summed E-state index contributed by atoms with van der Waals surface area (Å²) in [5.74, 6) is -0.978. The van der Waals surface area contributed by atoms with Gasteiger partial charge in [-0.25, -0.2) is 0 Å². The zero-order chi connectivity index (χ0) is 67.3. The van der Waals surface area contributed by atoms with Crippen molar-refractivity contribution in [1.29, 1.82) is 0 Å². The minimum absolute atomic E-state index is 0.00365. The Balaban J connectivity index is 1.04. The first-order valence-corrected chi connectivity index (χ1v) is 32.7. The molecule has 0 saturated heterocycles. The number of carbonyl (C=O) groups is 8. The van der Waals surface area contributed by atoms with Gasteiger partial charge in [0.2, 0.25) is 0 Å². The van der Waals surface area contributed by atoms with Crippen molar-refractivity contribution in [1.82, 2.24) is 0 Å². The fourth-order valence-electron chi connectivity index (χ4n) is 13.1. The molecule has 1 aliphatic heterocycles. The second-order valence-electron chi connectivity index (χ2n) is 29.8. The Hall–Kier alpha value is -8.72. The first-order valence-electron chi connectivity index (χ1n) is 32.7. The zero-order valence-corrected chi connectivity index (χ0v) is 56.3. The highest BCUT2D eigenvalue weighted by Gasteiger charge is 2.35. The van der Waals surface area contributed by atoms with Crippen LogP contribution in [-0.2, 0) is 121 Å². The van der Waals surface area contributed by atoms with E-state index in [1.165, 1.54) is 48.6 Å². The van der Waals surface area contributed by atoms with Gasteiger partial charge in [0.05, 0.1) is 26.4 Å². The predicted molar refractivity (Wildman–Crippen MR) is 359 cm³/mol. The number of fused-ring (bicyclic) bond motifs is 4. The van der Waals surface area contributed by atoms with Crippen LogP contribution in [0.1, 0.15) is 150 Å². The van der Waals surface area contributed by atoms with Gasteiger partial charge < -0.3 is 28.4 Å². The van der Waals surface area contributed by atoms with Crippen LogP contribution >= 0.6 is 0 Å². The number of ether oxygens (including phenoxy) is 6. The highest BCUT2D eigenvalue weighted by molar-refractivity contribution is 6.23. The monoisotopic (exact) mass is 1270 g/mol. The average molecular weight is 1270 g/mol. The van der Waals surface area contributed by atoms with Gasteiger partial charge in [-0.3, -0.25) is 38.4 Å².